The highest BCUT2D eigenvalue weighted by molar-refractivity contribution is 5.41. The number of nitrogens with zero attached hydrogens (tertiary/aromatic N) is 1. The molecule has 1 heterocycles. The maximum absolute atomic E-state index is 5.79. The van der Waals surface area contributed by atoms with Crippen LogP contribution in [0, 0.1) is 5.41 Å². The van der Waals surface area contributed by atoms with E-state index >= 15 is 0 Å². The Morgan fingerprint density at radius 2 is 1.75 bits per heavy atom. The molecule has 0 radical (unpaired) electrons. The van der Waals surface area contributed by atoms with Crippen molar-refractivity contribution >= 4 is 5.69 Å². The summed E-state index contributed by atoms with van der Waals surface area (Å²) in [6.07, 6.45) is 3.97. The van der Waals surface area contributed by atoms with E-state index in [1.807, 2.05) is 12.1 Å². The van der Waals surface area contributed by atoms with Crippen LogP contribution in [-0.4, -0.2) is 24.5 Å². The fraction of sp³-hybridized carbons (Fsp3) is 0.667. The second-order valence-corrected chi connectivity index (χ2v) is 7.17. The normalized spacial score (nSPS) is 19.4. The topological polar surface area (TPSA) is 29.3 Å². The number of anilines is 1. The quantitative estimate of drug-likeness (QED) is 0.820. The smallest absolute Gasteiger partial charge is 0.0314 e. The molecule has 0 amide bonds. The average Bonchev–Trinajstić information content (AvgIpc) is 2.82. The molecule has 2 rings (SSSR count). The highest BCUT2D eigenvalue weighted by Crippen LogP contribution is 2.38. The molecular weight excluding hydrogens is 244 g/mol. The minimum absolute atomic E-state index is 0.186. The molecule has 1 aliphatic rings. The van der Waals surface area contributed by atoms with Crippen molar-refractivity contribution in [1.29, 1.82) is 0 Å². The molecule has 1 aliphatic heterocycles. The molecule has 1 saturated heterocycles. The van der Waals surface area contributed by atoms with E-state index in [1.165, 1.54) is 37.9 Å². The minimum atomic E-state index is 0.186. The second kappa shape index (κ2) is 5.77. The largest absolute Gasteiger partial charge is 0.399 e. The maximum atomic E-state index is 5.79. The number of hydrogen-bond acceptors (Lipinski definition) is 2. The zero-order valence-corrected chi connectivity index (χ0v) is 13.6. The number of likely N-dealkylation sites (tertiary alicyclic amines) is 1. The fourth-order valence-electron chi connectivity index (χ4n) is 3.57. The van der Waals surface area contributed by atoms with Gasteiger partial charge in [-0.1, -0.05) is 39.8 Å². The molecule has 0 aromatic heterocycles. The van der Waals surface area contributed by atoms with Crippen LogP contribution in [0.25, 0.3) is 0 Å². The Morgan fingerprint density at radius 3 is 2.25 bits per heavy atom. The van der Waals surface area contributed by atoms with Crippen LogP contribution in [0.3, 0.4) is 0 Å². The monoisotopic (exact) mass is 274 g/mol. The van der Waals surface area contributed by atoms with Crippen LogP contribution in [0.15, 0.2) is 24.3 Å². The molecule has 112 valence electrons. The highest BCUT2D eigenvalue weighted by atomic mass is 15.2. The number of rotatable bonds is 5. The first-order chi connectivity index (χ1) is 9.41. The van der Waals surface area contributed by atoms with Gasteiger partial charge in [0.1, 0.15) is 0 Å². The third-order valence-corrected chi connectivity index (χ3v) is 5.33. The van der Waals surface area contributed by atoms with Gasteiger partial charge in [-0.2, -0.15) is 0 Å². The van der Waals surface area contributed by atoms with Crippen molar-refractivity contribution in [3.8, 4) is 0 Å². The first-order valence-electron chi connectivity index (χ1n) is 7.99. The molecule has 0 spiro atoms. The van der Waals surface area contributed by atoms with Gasteiger partial charge < -0.3 is 10.6 Å². The number of benzene rings is 1. The second-order valence-electron chi connectivity index (χ2n) is 7.17. The number of nitrogen functional groups attached to an aromatic ring is 1. The van der Waals surface area contributed by atoms with E-state index in [0.29, 0.717) is 5.41 Å². The third kappa shape index (κ3) is 3.17. The average molecular weight is 274 g/mol. The maximum Gasteiger partial charge on any atom is 0.0314 e. The number of hydrogen-bond donors (Lipinski definition) is 1. The van der Waals surface area contributed by atoms with Crippen LogP contribution >= 0.6 is 0 Å². The van der Waals surface area contributed by atoms with Gasteiger partial charge in [-0.15, -0.1) is 0 Å². The van der Waals surface area contributed by atoms with E-state index < -0.39 is 0 Å². The molecule has 2 nitrogen and oxygen atoms in total. The van der Waals surface area contributed by atoms with E-state index in [9.17, 15) is 0 Å². The fourth-order valence-corrected chi connectivity index (χ4v) is 3.57. The lowest BCUT2D eigenvalue weighted by Gasteiger charge is -2.32. The molecule has 0 saturated carbocycles. The van der Waals surface area contributed by atoms with Gasteiger partial charge in [0.15, 0.2) is 0 Å². The summed E-state index contributed by atoms with van der Waals surface area (Å²) >= 11 is 0. The van der Waals surface area contributed by atoms with Gasteiger partial charge in [0, 0.05) is 24.2 Å². The van der Waals surface area contributed by atoms with Gasteiger partial charge in [0.25, 0.3) is 0 Å². The molecule has 0 atom stereocenters. The summed E-state index contributed by atoms with van der Waals surface area (Å²) in [5, 5.41) is 0. The third-order valence-electron chi connectivity index (χ3n) is 5.33. The van der Waals surface area contributed by atoms with Gasteiger partial charge in [-0.3, -0.25) is 0 Å². The van der Waals surface area contributed by atoms with E-state index in [1.54, 1.807) is 0 Å². The summed E-state index contributed by atoms with van der Waals surface area (Å²) < 4.78 is 0. The standard InChI is InChI=1S/C18H30N2/c1-5-18(6-2)11-12-20(14-18)13-17(3,4)15-7-9-16(19)10-8-15/h7-10H,5-6,11-14,19H2,1-4H3. The van der Waals surface area contributed by atoms with Gasteiger partial charge in [0.05, 0.1) is 0 Å². The van der Waals surface area contributed by atoms with Crippen LogP contribution in [0.1, 0.15) is 52.5 Å². The van der Waals surface area contributed by atoms with E-state index in [4.69, 9.17) is 5.73 Å². The minimum Gasteiger partial charge on any atom is -0.399 e. The van der Waals surface area contributed by atoms with Crippen LogP contribution in [0.5, 0.6) is 0 Å². The lowest BCUT2D eigenvalue weighted by Crippen LogP contribution is -2.37. The molecule has 2 N–H and O–H groups in total. The van der Waals surface area contributed by atoms with Crippen molar-refractivity contribution in [2.45, 2.75) is 52.4 Å². The summed E-state index contributed by atoms with van der Waals surface area (Å²) in [6, 6.07) is 8.39. The zero-order valence-electron chi connectivity index (χ0n) is 13.6. The Labute approximate surface area is 124 Å². The molecular formula is C18H30N2. The van der Waals surface area contributed by atoms with E-state index in [-0.39, 0.29) is 5.41 Å². The van der Waals surface area contributed by atoms with E-state index in [0.717, 1.165) is 12.2 Å². The molecule has 20 heavy (non-hydrogen) atoms. The lowest BCUT2D eigenvalue weighted by molar-refractivity contribution is 0.213. The first kappa shape index (κ1) is 15.4. The lowest BCUT2D eigenvalue weighted by atomic mass is 9.81. The Morgan fingerprint density at radius 1 is 1.15 bits per heavy atom. The molecule has 1 aromatic carbocycles. The van der Waals surface area contributed by atoms with Crippen molar-refractivity contribution in [3.63, 3.8) is 0 Å². The van der Waals surface area contributed by atoms with Crippen LogP contribution in [0.4, 0.5) is 5.69 Å². The summed E-state index contributed by atoms with van der Waals surface area (Å²) in [4.78, 5) is 2.66. The first-order valence-corrected chi connectivity index (χ1v) is 7.99. The molecule has 1 aromatic rings. The van der Waals surface area contributed by atoms with Crippen LogP contribution in [0.2, 0.25) is 0 Å². The van der Waals surface area contributed by atoms with Crippen LogP contribution in [-0.2, 0) is 5.41 Å². The van der Waals surface area contributed by atoms with E-state index in [2.05, 4.69) is 44.7 Å². The zero-order chi connectivity index (χ0) is 14.8. The van der Waals surface area contributed by atoms with Gasteiger partial charge >= 0.3 is 0 Å². The molecule has 0 bridgehead atoms. The Kier molecular flexibility index (Phi) is 4.43. The van der Waals surface area contributed by atoms with Crippen molar-refractivity contribution in [2.75, 3.05) is 25.4 Å². The SMILES string of the molecule is CCC1(CC)CCN(CC(C)(C)c2ccc(N)cc2)C1. The van der Waals surface area contributed by atoms with Gasteiger partial charge in [-0.05, 0) is 48.9 Å². The molecule has 1 fully saturated rings. The molecule has 2 heteroatoms. The predicted molar refractivity (Wildman–Crippen MR) is 88.0 cm³/mol. The Bertz CT molecular complexity index is 429. The summed E-state index contributed by atoms with van der Waals surface area (Å²) in [5.41, 5.74) is 8.78. The Hall–Kier alpha value is -1.02. The Balaban J connectivity index is 2.04. The number of nitrogens with two attached hydrogens (primary N) is 1. The predicted octanol–water partition coefficient (Wildman–Crippen LogP) is 4.06. The van der Waals surface area contributed by atoms with Crippen molar-refractivity contribution < 1.29 is 0 Å². The van der Waals surface area contributed by atoms with Crippen LogP contribution < -0.4 is 5.73 Å². The summed E-state index contributed by atoms with van der Waals surface area (Å²) in [7, 11) is 0. The molecule has 0 aliphatic carbocycles. The summed E-state index contributed by atoms with van der Waals surface area (Å²) in [5.74, 6) is 0. The highest BCUT2D eigenvalue weighted by Gasteiger charge is 2.37. The van der Waals surface area contributed by atoms with Gasteiger partial charge in [0.2, 0.25) is 0 Å². The van der Waals surface area contributed by atoms with Crippen molar-refractivity contribution in [2.24, 2.45) is 5.41 Å². The van der Waals surface area contributed by atoms with Gasteiger partial charge in [-0.25, -0.2) is 0 Å². The summed E-state index contributed by atoms with van der Waals surface area (Å²) in [6.45, 7) is 13.0. The van der Waals surface area contributed by atoms with Crippen molar-refractivity contribution in [3.05, 3.63) is 29.8 Å². The van der Waals surface area contributed by atoms with Crippen molar-refractivity contribution in [1.82, 2.24) is 4.90 Å². The molecule has 0 unspecified atom stereocenters.